The van der Waals surface area contributed by atoms with Gasteiger partial charge in [0, 0.05) is 36.1 Å². The number of nitrogens with one attached hydrogen (secondary N) is 2. The highest BCUT2D eigenvalue weighted by Crippen LogP contribution is 2.38. The van der Waals surface area contributed by atoms with Crippen LogP contribution in [0.4, 0.5) is 0 Å². The van der Waals surface area contributed by atoms with Crippen molar-refractivity contribution >= 4 is 5.91 Å². The van der Waals surface area contributed by atoms with Crippen LogP contribution >= 0.6 is 0 Å². The summed E-state index contributed by atoms with van der Waals surface area (Å²) in [5.74, 6) is 2.02. The van der Waals surface area contributed by atoms with Crippen molar-refractivity contribution in [2.45, 2.75) is 44.6 Å². The normalized spacial score (nSPS) is 19.2. The zero-order valence-corrected chi connectivity index (χ0v) is 18.6. The van der Waals surface area contributed by atoms with Crippen molar-refractivity contribution < 1.29 is 14.3 Å². The van der Waals surface area contributed by atoms with E-state index in [0.29, 0.717) is 29.9 Å². The van der Waals surface area contributed by atoms with Gasteiger partial charge in [-0.05, 0) is 68.4 Å². The number of amides is 1. The largest absolute Gasteiger partial charge is 0.493 e. The van der Waals surface area contributed by atoms with E-state index < -0.39 is 6.10 Å². The molecule has 1 fully saturated rings. The minimum atomic E-state index is -0.587. The molecule has 7 heteroatoms. The SMILES string of the molecule is COc1ccccc1O[C@H](C)C(=O)NCC1CCC(c2[nH]ncc2-c2ccncc2)CC1. The van der Waals surface area contributed by atoms with Gasteiger partial charge in [-0.2, -0.15) is 5.10 Å². The summed E-state index contributed by atoms with van der Waals surface area (Å²) in [5.41, 5.74) is 3.51. The van der Waals surface area contributed by atoms with E-state index in [9.17, 15) is 4.79 Å². The van der Waals surface area contributed by atoms with Crippen LogP contribution in [0.25, 0.3) is 11.1 Å². The van der Waals surface area contributed by atoms with Crippen LogP contribution in [0.3, 0.4) is 0 Å². The molecule has 0 aliphatic heterocycles. The number of carbonyl (C=O) groups excluding carboxylic acids is 1. The summed E-state index contributed by atoms with van der Waals surface area (Å²) in [6, 6.07) is 11.4. The zero-order chi connectivity index (χ0) is 22.3. The summed E-state index contributed by atoms with van der Waals surface area (Å²) in [4.78, 5) is 16.7. The quantitative estimate of drug-likeness (QED) is 0.551. The zero-order valence-electron chi connectivity index (χ0n) is 18.6. The maximum absolute atomic E-state index is 12.5. The van der Waals surface area contributed by atoms with Gasteiger partial charge < -0.3 is 14.8 Å². The number of carbonyl (C=O) groups is 1. The van der Waals surface area contributed by atoms with Gasteiger partial charge in [0.05, 0.1) is 13.3 Å². The van der Waals surface area contributed by atoms with E-state index in [4.69, 9.17) is 9.47 Å². The van der Waals surface area contributed by atoms with Gasteiger partial charge in [0.1, 0.15) is 0 Å². The Labute approximate surface area is 188 Å². The number of methoxy groups -OCH3 is 1. The van der Waals surface area contributed by atoms with Crippen molar-refractivity contribution in [2.75, 3.05) is 13.7 Å². The number of aromatic nitrogens is 3. The number of H-pyrrole nitrogens is 1. The molecule has 2 N–H and O–H groups in total. The molecule has 1 aliphatic carbocycles. The Bertz CT molecular complexity index is 1010. The lowest BCUT2D eigenvalue weighted by Gasteiger charge is -2.29. The van der Waals surface area contributed by atoms with E-state index in [2.05, 4.69) is 20.5 Å². The highest BCUT2D eigenvalue weighted by molar-refractivity contribution is 5.80. The van der Waals surface area contributed by atoms with Crippen LogP contribution in [0, 0.1) is 5.92 Å². The smallest absolute Gasteiger partial charge is 0.260 e. The molecule has 0 bridgehead atoms. The Balaban J connectivity index is 1.26. The molecule has 32 heavy (non-hydrogen) atoms. The number of para-hydroxylation sites is 2. The fraction of sp³-hybridized carbons (Fsp3) is 0.400. The molecule has 3 aromatic rings. The van der Waals surface area contributed by atoms with Crippen LogP contribution < -0.4 is 14.8 Å². The average Bonchev–Trinajstić information content (AvgIpc) is 3.34. The first-order valence-corrected chi connectivity index (χ1v) is 11.2. The summed E-state index contributed by atoms with van der Waals surface area (Å²) < 4.78 is 11.1. The Morgan fingerprint density at radius 3 is 2.56 bits per heavy atom. The molecular formula is C25H30N4O3. The highest BCUT2D eigenvalue weighted by Gasteiger charge is 2.26. The van der Waals surface area contributed by atoms with Crippen LogP contribution in [-0.4, -0.2) is 40.8 Å². The van der Waals surface area contributed by atoms with Gasteiger partial charge in [0.25, 0.3) is 5.91 Å². The van der Waals surface area contributed by atoms with Gasteiger partial charge >= 0.3 is 0 Å². The van der Waals surface area contributed by atoms with Crippen molar-refractivity contribution in [1.82, 2.24) is 20.5 Å². The summed E-state index contributed by atoms with van der Waals surface area (Å²) >= 11 is 0. The minimum absolute atomic E-state index is 0.105. The monoisotopic (exact) mass is 434 g/mol. The number of nitrogens with zero attached hydrogens (tertiary/aromatic N) is 2. The predicted molar refractivity (Wildman–Crippen MR) is 123 cm³/mol. The second-order valence-corrected chi connectivity index (χ2v) is 8.31. The molecule has 0 saturated heterocycles. The lowest BCUT2D eigenvalue weighted by Crippen LogP contribution is -2.39. The molecule has 0 radical (unpaired) electrons. The van der Waals surface area contributed by atoms with E-state index in [1.807, 2.05) is 48.9 Å². The third-order valence-corrected chi connectivity index (χ3v) is 6.22. The second kappa shape index (κ2) is 10.3. The number of pyridine rings is 1. The van der Waals surface area contributed by atoms with Gasteiger partial charge in [-0.25, -0.2) is 0 Å². The molecule has 1 saturated carbocycles. The van der Waals surface area contributed by atoms with Crippen LogP contribution in [0.1, 0.15) is 44.2 Å². The molecule has 168 valence electrons. The molecule has 4 rings (SSSR count). The summed E-state index contributed by atoms with van der Waals surface area (Å²) in [7, 11) is 1.59. The van der Waals surface area contributed by atoms with Gasteiger partial charge in [0.15, 0.2) is 17.6 Å². The lowest BCUT2D eigenvalue weighted by atomic mass is 9.79. The average molecular weight is 435 g/mol. The van der Waals surface area contributed by atoms with E-state index >= 15 is 0 Å². The van der Waals surface area contributed by atoms with E-state index in [1.54, 1.807) is 20.1 Å². The van der Waals surface area contributed by atoms with Crippen LogP contribution in [0.15, 0.2) is 55.0 Å². The number of aromatic amines is 1. The van der Waals surface area contributed by atoms with Gasteiger partial charge in [-0.1, -0.05) is 12.1 Å². The number of hydrogen-bond acceptors (Lipinski definition) is 5. The van der Waals surface area contributed by atoms with Crippen molar-refractivity contribution in [2.24, 2.45) is 5.92 Å². The molecule has 2 heterocycles. The number of rotatable bonds is 8. The first kappa shape index (κ1) is 21.9. The Morgan fingerprint density at radius 2 is 1.84 bits per heavy atom. The molecule has 1 atom stereocenters. The maximum atomic E-state index is 12.5. The highest BCUT2D eigenvalue weighted by atomic mass is 16.5. The summed E-state index contributed by atoms with van der Waals surface area (Å²) in [5, 5.41) is 10.6. The Kier molecular flexibility index (Phi) is 7.04. The fourth-order valence-electron chi connectivity index (χ4n) is 4.37. The molecule has 7 nitrogen and oxygen atoms in total. The van der Waals surface area contributed by atoms with Crippen molar-refractivity contribution in [3.63, 3.8) is 0 Å². The van der Waals surface area contributed by atoms with Gasteiger partial charge in [-0.3, -0.25) is 14.9 Å². The van der Waals surface area contributed by atoms with Crippen LogP contribution in [0.5, 0.6) is 11.5 Å². The lowest BCUT2D eigenvalue weighted by molar-refractivity contribution is -0.127. The Morgan fingerprint density at radius 1 is 1.12 bits per heavy atom. The van der Waals surface area contributed by atoms with Gasteiger partial charge in [0.2, 0.25) is 0 Å². The van der Waals surface area contributed by atoms with Crippen molar-refractivity contribution in [1.29, 1.82) is 0 Å². The number of benzene rings is 1. The molecule has 0 unspecified atom stereocenters. The summed E-state index contributed by atoms with van der Waals surface area (Å²) in [6.45, 7) is 2.43. The minimum Gasteiger partial charge on any atom is -0.493 e. The molecule has 0 spiro atoms. The third kappa shape index (κ3) is 5.10. The predicted octanol–water partition coefficient (Wildman–Crippen LogP) is 4.34. The fourth-order valence-corrected chi connectivity index (χ4v) is 4.37. The van der Waals surface area contributed by atoms with Gasteiger partial charge in [-0.15, -0.1) is 0 Å². The van der Waals surface area contributed by atoms with Crippen molar-refractivity contribution in [3.05, 3.63) is 60.7 Å². The van der Waals surface area contributed by atoms with E-state index in [0.717, 1.165) is 36.8 Å². The van der Waals surface area contributed by atoms with E-state index in [1.165, 1.54) is 5.69 Å². The number of ether oxygens (including phenoxy) is 2. The maximum Gasteiger partial charge on any atom is 0.260 e. The third-order valence-electron chi connectivity index (χ3n) is 6.22. The Hall–Kier alpha value is -3.35. The van der Waals surface area contributed by atoms with Crippen LogP contribution in [0.2, 0.25) is 0 Å². The molecule has 1 aliphatic rings. The molecule has 2 aromatic heterocycles. The van der Waals surface area contributed by atoms with E-state index in [-0.39, 0.29) is 5.91 Å². The first-order valence-electron chi connectivity index (χ1n) is 11.2. The molecule has 1 aromatic carbocycles. The van der Waals surface area contributed by atoms with Crippen molar-refractivity contribution in [3.8, 4) is 22.6 Å². The first-order chi connectivity index (χ1) is 15.7. The summed E-state index contributed by atoms with van der Waals surface area (Å²) in [6.07, 6.45) is 9.23. The molecular weight excluding hydrogens is 404 g/mol. The second-order valence-electron chi connectivity index (χ2n) is 8.31. The molecule has 1 amide bonds. The number of hydrogen-bond donors (Lipinski definition) is 2. The standard InChI is InChI=1S/C25H30N4O3/c1-17(32-23-6-4-3-5-22(23)31-2)25(30)27-15-18-7-9-20(10-8-18)24-21(16-28-29-24)19-11-13-26-14-12-19/h3-6,11-14,16-18,20H,7-10,15H2,1-2H3,(H,27,30)(H,28,29)/t17-,18?,20?/m1/s1. The topological polar surface area (TPSA) is 89.1 Å². The van der Waals surface area contributed by atoms with Crippen LogP contribution in [-0.2, 0) is 4.79 Å².